The molecular formula is C13H15BrF3NO2. The van der Waals surface area contributed by atoms with E-state index in [-0.39, 0.29) is 0 Å². The lowest BCUT2D eigenvalue weighted by Crippen LogP contribution is -2.36. The van der Waals surface area contributed by atoms with Crippen molar-refractivity contribution < 1.29 is 22.6 Å². The second-order valence-corrected chi connectivity index (χ2v) is 5.96. The van der Waals surface area contributed by atoms with Crippen LogP contribution in [-0.2, 0) is 14.0 Å². The molecule has 0 aliphatic carbocycles. The first kappa shape index (κ1) is 15.7. The van der Waals surface area contributed by atoms with Crippen molar-refractivity contribution in [3.8, 4) is 0 Å². The van der Waals surface area contributed by atoms with Crippen molar-refractivity contribution in [2.45, 2.75) is 42.7 Å². The molecule has 0 saturated carbocycles. The third kappa shape index (κ3) is 4.43. The van der Waals surface area contributed by atoms with Crippen LogP contribution in [0.3, 0.4) is 0 Å². The van der Waals surface area contributed by atoms with Crippen LogP contribution in [0.4, 0.5) is 13.2 Å². The van der Waals surface area contributed by atoms with Gasteiger partial charge in [0.25, 0.3) is 0 Å². The molecule has 0 bridgehead atoms. The van der Waals surface area contributed by atoms with Gasteiger partial charge in [0.2, 0.25) is 0 Å². The van der Waals surface area contributed by atoms with E-state index < -0.39 is 23.4 Å². The van der Waals surface area contributed by atoms with Crippen molar-refractivity contribution in [2.75, 3.05) is 6.61 Å². The summed E-state index contributed by atoms with van der Waals surface area (Å²) in [6, 6.07) is 3.13. The third-order valence-electron chi connectivity index (χ3n) is 2.98. The van der Waals surface area contributed by atoms with E-state index in [1.54, 1.807) is 12.1 Å². The fraction of sp³-hybridized carbons (Fsp3) is 0.615. The first-order valence-corrected chi connectivity index (χ1v) is 7.14. The molecule has 112 valence electrons. The fourth-order valence-electron chi connectivity index (χ4n) is 2.07. The standard InChI is InChI=1S/C13H15BrF3NO2/c14-12(9-13(15,16)17,10-4-3-6-18-8-10)20-11-5-1-2-7-19-11/h3-4,6,8,11H,1-2,5,7,9H2. The zero-order chi connectivity index (χ0) is 14.6. The molecule has 0 amide bonds. The van der Waals surface area contributed by atoms with Gasteiger partial charge in [0.1, 0.15) is 0 Å². The Bertz CT molecular complexity index is 423. The minimum atomic E-state index is -4.37. The number of nitrogens with zero attached hydrogens (tertiary/aromatic N) is 1. The molecule has 0 radical (unpaired) electrons. The van der Waals surface area contributed by atoms with Crippen molar-refractivity contribution in [2.24, 2.45) is 0 Å². The van der Waals surface area contributed by atoms with Crippen LogP contribution < -0.4 is 0 Å². The second kappa shape index (κ2) is 6.41. The second-order valence-electron chi connectivity index (χ2n) is 4.68. The highest BCUT2D eigenvalue weighted by atomic mass is 79.9. The van der Waals surface area contributed by atoms with Gasteiger partial charge in [-0.15, -0.1) is 0 Å². The van der Waals surface area contributed by atoms with Gasteiger partial charge in [0.05, 0.1) is 6.42 Å². The molecule has 0 N–H and O–H groups in total. The number of aromatic nitrogens is 1. The van der Waals surface area contributed by atoms with E-state index in [9.17, 15) is 13.2 Å². The molecule has 2 unspecified atom stereocenters. The van der Waals surface area contributed by atoms with Gasteiger partial charge in [-0.2, -0.15) is 13.2 Å². The van der Waals surface area contributed by atoms with Crippen LogP contribution in [0.15, 0.2) is 24.5 Å². The van der Waals surface area contributed by atoms with Gasteiger partial charge in [-0.3, -0.25) is 4.98 Å². The van der Waals surface area contributed by atoms with Crippen molar-refractivity contribution in [1.82, 2.24) is 4.98 Å². The van der Waals surface area contributed by atoms with Crippen LogP contribution in [0.25, 0.3) is 0 Å². The molecule has 1 saturated heterocycles. The monoisotopic (exact) mass is 353 g/mol. The summed E-state index contributed by atoms with van der Waals surface area (Å²) in [5.41, 5.74) is 0.325. The maximum Gasteiger partial charge on any atom is 0.393 e. The van der Waals surface area contributed by atoms with Crippen LogP contribution in [0.1, 0.15) is 31.2 Å². The maximum atomic E-state index is 12.8. The number of pyridine rings is 1. The molecule has 2 rings (SSSR count). The van der Waals surface area contributed by atoms with Crippen LogP contribution in [0, 0.1) is 0 Å². The topological polar surface area (TPSA) is 31.4 Å². The maximum absolute atomic E-state index is 12.8. The van der Waals surface area contributed by atoms with Gasteiger partial charge in [0.15, 0.2) is 10.8 Å². The summed E-state index contributed by atoms with van der Waals surface area (Å²) in [4.78, 5) is 3.86. The normalized spacial score (nSPS) is 23.3. The van der Waals surface area contributed by atoms with Crippen molar-refractivity contribution >= 4 is 15.9 Å². The fourth-order valence-corrected chi connectivity index (χ4v) is 2.83. The first-order chi connectivity index (χ1) is 9.39. The quantitative estimate of drug-likeness (QED) is 0.762. The van der Waals surface area contributed by atoms with Crippen molar-refractivity contribution in [1.29, 1.82) is 0 Å². The summed E-state index contributed by atoms with van der Waals surface area (Å²) < 4.78 is 47.7. The first-order valence-electron chi connectivity index (χ1n) is 6.35. The van der Waals surface area contributed by atoms with Gasteiger partial charge in [-0.1, -0.05) is 6.07 Å². The minimum absolute atomic E-state index is 0.325. The Hall–Kier alpha value is -0.660. The summed E-state index contributed by atoms with van der Waals surface area (Å²) >= 11 is 3.10. The summed E-state index contributed by atoms with van der Waals surface area (Å²) in [6.07, 6.45) is -0.907. The zero-order valence-corrected chi connectivity index (χ0v) is 12.3. The lowest BCUT2D eigenvalue weighted by molar-refractivity contribution is -0.231. The molecule has 7 heteroatoms. The van der Waals surface area contributed by atoms with E-state index >= 15 is 0 Å². The van der Waals surface area contributed by atoms with Gasteiger partial charge in [0, 0.05) is 24.6 Å². The average Bonchev–Trinajstić information content (AvgIpc) is 2.39. The lowest BCUT2D eigenvalue weighted by Gasteiger charge is -2.34. The molecule has 1 aliphatic rings. The molecule has 20 heavy (non-hydrogen) atoms. The van der Waals surface area contributed by atoms with E-state index in [4.69, 9.17) is 9.47 Å². The van der Waals surface area contributed by atoms with Gasteiger partial charge in [-0.25, -0.2) is 0 Å². The summed E-state index contributed by atoms with van der Waals surface area (Å²) in [5.74, 6) is 0. The number of halogens is 4. The number of ether oxygens (including phenoxy) is 2. The molecule has 1 aliphatic heterocycles. The Morgan fingerprint density at radius 1 is 1.40 bits per heavy atom. The largest absolute Gasteiger partial charge is 0.393 e. The van der Waals surface area contributed by atoms with Gasteiger partial charge >= 0.3 is 6.18 Å². The highest BCUT2D eigenvalue weighted by Crippen LogP contribution is 2.44. The highest BCUT2D eigenvalue weighted by Gasteiger charge is 2.45. The summed E-state index contributed by atoms with van der Waals surface area (Å²) in [7, 11) is 0. The highest BCUT2D eigenvalue weighted by molar-refractivity contribution is 9.09. The Labute approximate surface area is 123 Å². The predicted molar refractivity (Wildman–Crippen MR) is 70.2 cm³/mol. The Balaban J connectivity index is 2.19. The summed E-state index contributed by atoms with van der Waals surface area (Å²) in [6.45, 7) is 0.507. The molecule has 1 aromatic rings. The average molecular weight is 354 g/mol. The van der Waals surface area contributed by atoms with Crippen molar-refractivity contribution in [3.63, 3.8) is 0 Å². The molecule has 3 nitrogen and oxygen atoms in total. The molecule has 1 aromatic heterocycles. The number of hydrogen-bond acceptors (Lipinski definition) is 3. The Morgan fingerprint density at radius 2 is 2.20 bits per heavy atom. The molecule has 0 aromatic carbocycles. The summed E-state index contributed by atoms with van der Waals surface area (Å²) in [5, 5.41) is 0. The minimum Gasteiger partial charge on any atom is -0.353 e. The number of alkyl halides is 4. The number of hydrogen-bond donors (Lipinski definition) is 0. The van der Waals surface area contributed by atoms with Gasteiger partial charge < -0.3 is 9.47 Å². The Morgan fingerprint density at radius 3 is 2.75 bits per heavy atom. The van der Waals surface area contributed by atoms with E-state index in [1.165, 1.54) is 12.4 Å². The molecule has 2 atom stereocenters. The van der Waals surface area contributed by atoms with Crippen LogP contribution in [0.5, 0.6) is 0 Å². The van der Waals surface area contributed by atoms with E-state index in [1.807, 2.05) is 0 Å². The zero-order valence-electron chi connectivity index (χ0n) is 10.7. The van der Waals surface area contributed by atoms with Crippen LogP contribution in [0.2, 0.25) is 0 Å². The third-order valence-corrected chi connectivity index (χ3v) is 3.90. The Kier molecular flexibility index (Phi) is 5.04. The van der Waals surface area contributed by atoms with Crippen LogP contribution >= 0.6 is 15.9 Å². The predicted octanol–water partition coefficient (Wildman–Crippen LogP) is 4.12. The van der Waals surface area contributed by atoms with E-state index in [0.29, 0.717) is 18.6 Å². The molecule has 2 heterocycles. The SMILES string of the molecule is FC(F)(F)CC(Br)(OC1CCCCO1)c1cccnc1. The smallest absolute Gasteiger partial charge is 0.353 e. The van der Waals surface area contributed by atoms with Crippen molar-refractivity contribution in [3.05, 3.63) is 30.1 Å². The number of rotatable bonds is 4. The van der Waals surface area contributed by atoms with E-state index in [0.717, 1.165) is 12.8 Å². The van der Waals surface area contributed by atoms with Gasteiger partial charge in [-0.05, 0) is 41.3 Å². The molecule has 0 spiro atoms. The molecule has 1 fully saturated rings. The lowest BCUT2D eigenvalue weighted by atomic mass is 10.1. The van der Waals surface area contributed by atoms with Crippen LogP contribution in [-0.4, -0.2) is 24.1 Å². The molecular weight excluding hydrogens is 339 g/mol. The van der Waals surface area contributed by atoms with E-state index in [2.05, 4.69) is 20.9 Å².